The zero-order chi connectivity index (χ0) is 10.8. The van der Waals surface area contributed by atoms with Crippen LogP contribution in [0.4, 0.5) is 0 Å². The van der Waals surface area contributed by atoms with Crippen molar-refractivity contribution in [2.45, 2.75) is 52.4 Å². The molecular weight excluding hydrogens is 176 g/mol. The Labute approximate surface area is 87.0 Å². The van der Waals surface area contributed by atoms with Gasteiger partial charge in [-0.1, -0.05) is 45.3 Å². The fourth-order valence-electron chi connectivity index (χ4n) is 1.34. The minimum atomic E-state index is -0.653. The van der Waals surface area contributed by atoms with Crippen molar-refractivity contribution in [3.05, 3.63) is 12.2 Å². The van der Waals surface area contributed by atoms with E-state index in [9.17, 15) is 4.79 Å². The second-order valence-electron chi connectivity index (χ2n) is 3.67. The van der Waals surface area contributed by atoms with Crippen molar-refractivity contribution in [2.24, 2.45) is 5.92 Å². The van der Waals surface area contributed by atoms with E-state index in [1.807, 2.05) is 6.08 Å². The second kappa shape index (κ2) is 8.79. The highest BCUT2D eigenvalue weighted by Gasteiger charge is 2.14. The first-order chi connectivity index (χ1) is 6.72. The maximum Gasteiger partial charge on any atom is 0.306 e. The van der Waals surface area contributed by atoms with E-state index in [1.165, 1.54) is 0 Å². The van der Waals surface area contributed by atoms with Crippen LogP contribution in [-0.4, -0.2) is 11.1 Å². The zero-order valence-electron chi connectivity index (χ0n) is 9.33. The van der Waals surface area contributed by atoms with Crippen LogP contribution in [0.5, 0.6) is 0 Å². The average Bonchev–Trinajstić information content (AvgIpc) is 2.16. The lowest BCUT2D eigenvalue weighted by Crippen LogP contribution is -2.12. The third-order valence-electron chi connectivity index (χ3n) is 2.30. The van der Waals surface area contributed by atoms with Gasteiger partial charge in [-0.2, -0.15) is 0 Å². The Morgan fingerprint density at radius 2 is 2.00 bits per heavy atom. The predicted octanol–water partition coefficient (Wildman–Crippen LogP) is 3.62. The first-order valence-corrected chi connectivity index (χ1v) is 5.60. The maximum atomic E-state index is 10.8. The minimum Gasteiger partial charge on any atom is -0.481 e. The molecule has 0 rings (SSSR count). The highest BCUT2D eigenvalue weighted by molar-refractivity contribution is 5.70. The summed E-state index contributed by atoms with van der Waals surface area (Å²) in [6.45, 7) is 4.21. The number of unbranched alkanes of at least 4 members (excludes halogenated alkanes) is 2. The standard InChI is InChI=1S/C12H22O2/c1-3-5-7-8-10-11(12(13)14)9-6-4-2/h7-8,11H,3-6,9-10H2,1-2H3,(H,13,14)/b8-7+. The average molecular weight is 198 g/mol. The van der Waals surface area contributed by atoms with E-state index >= 15 is 0 Å². The summed E-state index contributed by atoms with van der Waals surface area (Å²) < 4.78 is 0. The summed E-state index contributed by atoms with van der Waals surface area (Å²) in [5, 5.41) is 8.92. The summed E-state index contributed by atoms with van der Waals surface area (Å²) in [4.78, 5) is 10.8. The third-order valence-corrected chi connectivity index (χ3v) is 2.30. The molecule has 0 fully saturated rings. The van der Waals surface area contributed by atoms with Gasteiger partial charge >= 0.3 is 5.97 Å². The van der Waals surface area contributed by atoms with Gasteiger partial charge in [-0.25, -0.2) is 0 Å². The molecule has 1 unspecified atom stereocenters. The van der Waals surface area contributed by atoms with Crippen LogP contribution < -0.4 is 0 Å². The molecule has 0 heterocycles. The fraction of sp³-hybridized carbons (Fsp3) is 0.750. The van der Waals surface area contributed by atoms with E-state index in [0.29, 0.717) is 6.42 Å². The molecule has 0 aromatic rings. The van der Waals surface area contributed by atoms with Gasteiger partial charge in [0.2, 0.25) is 0 Å². The van der Waals surface area contributed by atoms with Crippen molar-refractivity contribution in [1.82, 2.24) is 0 Å². The molecule has 0 bridgehead atoms. The normalized spacial score (nSPS) is 13.3. The van der Waals surface area contributed by atoms with Gasteiger partial charge in [0.05, 0.1) is 5.92 Å². The number of carbonyl (C=O) groups is 1. The smallest absolute Gasteiger partial charge is 0.306 e. The van der Waals surface area contributed by atoms with E-state index in [0.717, 1.165) is 32.1 Å². The monoisotopic (exact) mass is 198 g/mol. The number of aliphatic carboxylic acids is 1. The highest BCUT2D eigenvalue weighted by Crippen LogP contribution is 2.14. The Hall–Kier alpha value is -0.790. The van der Waals surface area contributed by atoms with Gasteiger partial charge in [-0.15, -0.1) is 0 Å². The molecule has 0 aromatic heterocycles. The molecule has 0 aliphatic heterocycles. The number of allylic oxidation sites excluding steroid dienone is 2. The molecule has 0 saturated heterocycles. The summed E-state index contributed by atoms with van der Waals surface area (Å²) in [5.74, 6) is -0.831. The van der Waals surface area contributed by atoms with Crippen molar-refractivity contribution >= 4 is 5.97 Å². The van der Waals surface area contributed by atoms with E-state index in [1.54, 1.807) is 0 Å². The molecule has 1 atom stereocenters. The van der Waals surface area contributed by atoms with Gasteiger partial charge in [0.25, 0.3) is 0 Å². The quantitative estimate of drug-likeness (QED) is 0.605. The van der Waals surface area contributed by atoms with Gasteiger partial charge in [-0.05, 0) is 19.3 Å². The first-order valence-electron chi connectivity index (χ1n) is 5.60. The Morgan fingerprint density at radius 3 is 2.50 bits per heavy atom. The van der Waals surface area contributed by atoms with E-state index in [2.05, 4.69) is 19.9 Å². The van der Waals surface area contributed by atoms with Gasteiger partial charge in [0, 0.05) is 0 Å². The molecule has 0 amide bonds. The Bertz CT molecular complexity index is 173. The highest BCUT2D eigenvalue weighted by atomic mass is 16.4. The predicted molar refractivity (Wildman–Crippen MR) is 59.3 cm³/mol. The molecule has 2 nitrogen and oxygen atoms in total. The first kappa shape index (κ1) is 13.2. The summed E-state index contributed by atoms with van der Waals surface area (Å²) in [5.41, 5.74) is 0. The number of rotatable bonds is 8. The number of hydrogen-bond acceptors (Lipinski definition) is 1. The molecular formula is C12H22O2. The van der Waals surface area contributed by atoms with E-state index < -0.39 is 5.97 Å². The topological polar surface area (TPSA) is 37.3 Å². The molecule has 14 heavy (non-hydrogen) atoms. The second-order valence-corrected chi connectivity index (χ2v) is 3.67. The van der Waals surface area contributed by atoms with Gasteiger partial charge in [-0.3, -0.25) is 4.79 Å². The lowest BCUT2D eigenvalue weighted by atomic mass is 9.98. The molecule has 2 heteroatoms. The van der Waals surface area contributed by atoms with Crippen molar-refractivity contribution in [2.75, 3.05) is 0 Å². The molecule has 0 aromatic carbocycles. The maximum absolute atomic E-state index is 10.8. The molecule has 0 radical (unpaired) electrons. The number of carboxylic acid groups (broad SMARTS) is 1. The van der Waals surface area contributed by atoms with Crippen LogP contribution >= 0.6 is 0 Å². The summed E-state index contributed by atoms with van der Waals surface area (Å²) in [6.07, 6.45) is 9.86. The van der Waals surface area contributed by atoms with Gasteiger partial charge in [0.15, 0.2) is 0 Å². The summed E-state index contributed by atoms with van der Waals surface area (Å²) in [6, 6.07) is 0. The van der Waals surface area contributed by atoms with Crippen molar-refractivity contribution < 1.29 is 9.90 Å². The lowest BCUT2D eigenvalue weighted by molar-refractivity contribution is -0.141. The van der Waals surface area contributed by atoms with Crippen molar-refractivity contribution in [1.29, 1.82) is 0 Å². The van der Waals surface area contributed by atoms with Crippen molar-refractivity contribution in [3.63, 3.8) is 0 Å². The van der Waals surface area contributed by atoms with Crippen molar-refractivity contribution in [3.8, 4) is 0 Å². The van der Waals surface area contributed by atoms with Crippen LogP contribution in [0.1, 0.15) is 52.4 Å². The molecule has 1 N–H and O–H groups in total. The zero-order valence-corrected chi connectivity index (χ0v) is 9.33. The molecule has 0 spiro atoms. The SMILES string of the molecule is CCC/C=C/CC(CCCC)C(=O)O. The van der Waals surface area contributed by atoms with Crippen LogP contribution in [0.15, 0.2) is 12.2 Å². The Balaban J connectivity index is 3.78. The minimum absolute atomic E-state index is 0.178. The number of hydrogen-bond donors (Lipinski definition) is 1. The van der Waals surface area contributed by atoms with Crippen LogP contribution in [0.2, 0.25) is 0 Å². The van der Waals surface area contributed by atoms with Crippen LogP contribution in [0.25, 0.3) is 0 Å². The lowest BCUT2D eigenvalue weighted by Gasteiger charge is -2.08. The molecule has 0 aliphatic rings. The Morgan fingerprint density at radius 1 is 1.29 bits per heavy atom. The summed E-state index contributed by atoms with van der Waals surface area (Å²) in [7, 11) is 0. The van der Waals surface area contributed by atoms with Gasteiger partial charge in [0.1, 0.15) is 0 Å². The van der Waals surface area contributed by atoms with E-state index in [4.69, 9.17) is 5.11 Å². The van der Waals surface area contributed by atoms with Crippen LogP contribution in [0.3, 0.4) is 0 Å². The fourth-order valence-corrected chi connectivity index (χ4v) is 1.34. The number of carboxylic acids is 1. The molecule has 0 saturated carbocycles. The molecule has 82 valence electrons. The summed E-state index contributed by atoms with van der Waals surface area (Å²) >= 11 is 0. The van der Waals surface area contributed by atoms with E-state index in [-0.39, 0.29) is 5.92 Å². The van der Waals surface area contributed by atoms with Gasteiger partial charge < -0.3 is 5.11 Å². The van der Waals surface area contributed by atoms with Crippen LogP contribution in [0, 0.1) is 5.92 Å². The largest absolute Gasteiger partial charge is 0.481 e. The third kappa shape index (κ3) is 6.70. The van der Waals surface area contributed by atoms with Crippen LogP contribution in [-0.2, 0) is 4.79 Å². The Kier molecular flexibility index (Phi) is 8.30. The molecule has 0 aliphatic carbocycles.